The van der Waals surface area contributed by atoms with Crippen molar-refractivity contribution in [3.05, 3.63) is 23.1 Å². The Balaban J connectivity index is 1.91. The quantitative estimate of drug-likeness (QED) is 0.250. The first kappa shape index (κ1) is 16.5. The molecule has 0 spiro atoms. The second kappa shape index (κ2) is 7.04. The van der Waals surface area contributed by atoms with Crippen molar-refractivity contribution in [3.63, 3.8) is 0 Å². The summed E-state index contributed by atoms with van der Waals surface area (Å²) in [6.45, 7) is 0.0102. The first-order valence-corrected chi connectivity index (χ1v) is 7.84. The number of hydrogen-bond acceptors (Lipinski definition) is 9. The number of rotatable bonds is 6. The van der Waals surface area contributed by atoms with Crippen LogP contribution in [0.25, 0.3) is 21.6 Å². The highest BCUT2D eigenvalue weighted by molar-refractivity contribution is 7.23. The van der Waals surface area contributed by atoms with Crippen LogP contribution in [-0.4, -0.2) is 55.8 Å². The van der Waals surface area contributed by atoms with Gasteiger partial charge in [-0.05, 0) is 5.53 Å². The van der Waals surface area contributed by atoms with E-state index < -0.39 is 24.5 Å². The van der Waals surface area contributed by atoms with Crippen LogP contribution in [0.2, 0.25) is 0 Å². The molecule has 3 heterocycles. The van der Waals surface area contributed by atoms with Gasteiger partial charge in [0.1, 0.15) is 24.3 Å². The molecule has 0 aliphatic carbocycles. The van der Waals surface area contributed by atoms with E-state index in [0.717, 1.165) is 0 Å². The van der Waals surface area contributed by atoms with Gasteiger partial charge in [0.15, 0.2) is 26.2 Å². The first-order chi connectivity index (χ1) is 11.7. The maximum atomic E-state index is 10.5. The molecule has 2 aromatic heterocycles. The van der Waals surface area contributed by atoms with Crippen LogP contribution in [0, 0.1) is 0 Å². The lowest BCUT2D eigenvalue weighted by atomic mass is 10.1. The number of nitrogens with two attached hydrogens (primary N) is 1. The van der Waals surface area contributed by atoms with Crippen LogP contribution < -0.4 is 5.73 Å². The van der Waals surface area contributed by atoms with E-state index in [1.54, 1.807) is 0 Å². The number of hydrogen-bond donors (Lipinski definition) is 2. The van der Waals surface area contributed by atoms with Gasteiger partial charge in [-0.25, -0.2) is 15.0 Å². The summed E-state index contributed by atoms with van der Waals surface area (Å²) in [5, 5.41) is 14.1. The fourth-order valence-electron chi connectivity index (χ4n) is 2.56. The lowest BCUT2D eigenvalue weighted by molar-refractivity contribution is -0.0560. The summed E-state index contributed by atoms with van der Waals surface area (Å²) >= 11 is 0. The summed E-state index contributed by atoms with van der Waals surface area (Å²) < 4.78 is 22.8. The van der Waals surface area contributed by atoms with Gasteiger partial charge in [0.2, 0.25) is 0 Å². The van der Waals surface area contributed by atoms with Crippen LogP contribution in [-0.2, 0) is 14.0 Å². The van der Waals surface area contributed by atoms with Crippen molar-refractivity contribution >= 4 is 25.4 Å². The van der Waals surface area contributed by atoms with E-state index in [1.807, 2.05) is 0 Å². The minimum Gasteiger partial charge on any atom is -0.388 e. The van der Waals surface area contributed by atoms with Gasteiger partial charge in [0.05, 0.1) is 25.1 Å². The molecule has 0 radical (unpaired) electrons. The fourth-order valence-corrected chi connectivity index (χ4v) is 2.74. The van der Waals surface area contributed by atoms with Crippen LogP contribution in [0.3, 0.4) is 0 Å². The van der Waals surface area contributed by atoms with Crippen molar-refractivity contribution in [2.24, 2.45) is 5.11 Å². The Morgan fingerprint density at radius 1 is 1.54 bits per heavy atom. The summed E-state index contributed by atoms with van der Waals surface area (Å²) in [5.41, 5.74) is 15.2. The molecular formula is C11H13N8O4P. The van der Waals surface area contributed by atoms with Gasteiger partial charge in [-0.1, -0.05) is 5.11 Å². The second-order valence-electron chi connectivity index (χ2n) is 4.96. The number of azide groups is 1. The average molecular weight is 352 g/mol. The molecular weight excluding hydrogens is 339 g/mol. The first-order valence-electron chi connectivity index (χ1n) is 6.85. The summed E-state index contributed by atoms with van der Waals surface area (Å²) in [6.07, 6.45) is -0.0847. The highest BCUT2D eigenvalue weighted by atomic mass is 31.1. The number of nitrogen functional groups attached to an aromatic ring is 1. The third-order valence-corrected chi connectivity index (χ3v) is 3.90. The Morgan fingerprint density at radius 2 is 2.38 bits per heavy atom. The fraction of sp³-hybridized carbons (Fsp3) is 0.545. The Kier molecular flexibility index (Phi) is 4.84. The van der Waals surface area contributed by atoms with Gasteiger partial charge in [-0.3, -0.25) is 9.13 Å². The molecule has 3 rings (SSSR count). The van der Waals surface area contributed by atoms with Gasteiger partial charge < -0.3 is 20.3 Å². The molecule has 3 N–H and O–H groups in total. The summed E-state index contributed by atoms with van der Waals surface area (Å²) in [4.78, 5) is 14.8. The van der Waals surface area contributed by atoms with Crippen molar-refractivity contribution in [1.82, 2.24) is 19.5 Å². The summed E-state index contributed by atoms with van der Waals surface area (Å²) in [6, 6.07) is -0.875. The van der Waals surface area contributed by atoms with E-state index in [4.69, 9.17) is 20.7 Å². The molecule has 1 fully saturated rings. The maximum absolute atomic E-state index is 10.5. The molecule has 1 aliphatic heterocycles. The largest absolute Gasteiger partial charge is 0.388 e. The van der Waals surface area contributed by atoms with Gasteiger partial charge >= 0.3 is 0 Å². The molecule has 0 aromatic carbocycles. The third-order valence-electron chi connectivity index (χ3n) is 3.61. The van der Waals surface area contributed by atoms with Gasteiger partial charge in [-0.15, -0.1) is 0 Å². The normalized spacial score (nSPS) is 26.7. The van der Waals surface area contributed by atoms with E-state index in [9.17, 15) is 9.67 Å². The number of aliphatic hydroxyl groups excluding tert-OH is 1. The van der Waals surface area contributed by atoms with Gasteiger partial charge in [0, 0.05) is 4.91 Å². The van der Waals surface area contributed by atoms with Crippen LogP contribution >= 0.6 is 8.46 Å². The molecule has 13 heteroatoms. The van der Waals surface area contributed by atoms with E-state index in [2.05, 4.69) is 25.0 Å². The Hall–Kier alpha value is -2.36. The van der Waals surface area contributed by atoms with E-state index in [1.165, 1.54) is 17.2 Å². The van der Waals surface area contributed by atoms with E-state index in [0.29, 0.717) is 11.2 Å². The molecule has 0 bridgehead atoms. The third kappa shape index (κ3) is 2.88. The Morgan fingerprint density at radius 3 is 3.12 bits per heavy atom. The molecule has 12 nitrogen and oxygen atoms in total. The highest BCUT2D eigenvalue weighted by Crippen LogP contribution is 2.33. The van der Waals surface area contributed by atoms with Crippen molar-refractivity contribution in [1.29, 1.82) is 0 Å². The molecule has 4 unspecified atom stereocenters. The van der Waals surface area contributed by atoms with Crippen molar-refractivity contribution < 1.29 is 19.1 Å². The summed E-state index contributed by atoms with van der Waals surface area (Å²) in [7, 11) is -0.176. The van der Waals surface area contributed by atoms with Gasteiger partial charge in [-0.2, -0.15) is 0 Å². The van der Waals surface area contributed by atoms with Crippen LogP contribution in [0.15, 0.2) is 17.8 Å². The van der Waals surface area contributed by atoms with Crippen LogP contribution in [0.1, 0.15) is 6.23 Å². The molecule has 1 aliphatic rings. The molecule has 24 heavy (non-hydrogen) atoms. The lowest BCUT2D eigenvalue weighted by Crippen LogP contribution is -2.32. The standard InChI is InChI=1S/C11H13N8O4P/c12-9-7-10(15-2-14-9)19(3-16-7)11-8(20)6(17-18-13)5(23-11)1-22-4-24-21/h2-3,5-6,8,11,20H,1,4H2,(H2,12,14,15). The molecule has 0 amide bonds. The zero-order valence-corrected chi connectivity index (χ0v) is 13.1. The topological polar surface area (TPSA) is 174 Å². The highest BCUT2D eigenvalue weighted by Gasteiger charge is 2.45. The van der Waals surface area contributed by atoms with E-state index in [-0.39, 0.29) is 27.2 Å². The lowest BCUT2D eigenvalue weighted by Gasteiger charge is -2.16. The molecule has 1 saturated heterocycles. The minimum atomic E-state index is -1.15. The van der Waals surface area contributed by atoms with Crippen molar-refractivity contribution in [3.8, 4) is 0 Å². The molecule has 2 aromatic rings. The number of anilines is 1. The maximum Gasteiger partial charge on any atom is 0.183 e. The second-order valence-corrected chi connectivity index (χ2v) is 5.48. The summed E-state index contributed by atoms with van der Waals surface area (Å²) in [5.74, 6) is 0.201. The van der Waals surface area contributed by atoms with Gasteiger partial charge in [0.25, 0.3) is 0 Å². The average Bonchev–Trinajstić information content (AvgIpc) is 3.12. The molecule has 0 saturated carbocycles. The van der Waals surface area contributed by atoms with Crippen LogP contribution in [0.4, 0.5) is 5.82 Å². The zero-order valence-electron chi connectivity index (χ0n) is 12.2. The number of aliphatic hydroxyl groups is 1. The predicted molar refractivity (Wildman–Crippen MR) is 81.0 cm³/mol. The number of aromatic nitrogens is 4. The van der Waals surface area contributed by atoms with Crippen molar-refractivity contribution in [2.75, 3.05) is 18.7 Å². The number of imidazole rings is 1. The van der Waals surface area contributed by atoms with Crippen LogP contribution in [0.5, 0.6) is 0 Å². The predicted octanol–water partition coefficient (Wildman–Crippen LogP) is 0.611. The number of fused-ring (bicyclic) bond motifs is 1. The minimum absolute atomic E-state index is 0.0102. The van der Waals surface area contributed by atoms with Crippen molar-refractivity contribution in [2.45, 2.75) is 24.5 Å². The molecule has 126 valence electrons. The Labute approximate surface area is 136 Å². The number of nitrogens with zero attached hydrogens (tertiary/aromatic N) is 7. The van der Waals surface area contributed by atoms with E-state index >= 15 is 0 Å². The molecule has 4 atom stereocenters. The smallest absolute Gasteiger partial charge is 0.183 e. The monoisotopic (exact) mass is 352 g/mol. The Bertz CT molecular complexity index is 793. The SMILES string of the molecule is [N-]=[N+]=NC1C(COCP=O)OC(n2cnc3c(N)ncnc32)C1O. The zero-order chi connectivity index (χ0) is 17.1. The number of ether oxygens (including phenoxy) is 2.